The first-order valence-electron chi connectivity index (χ1n) is 16.7. The molecule has 0 spiro atoms. The number of nitrogens with two attached hydrogens (primary N) is 1. The van der Waals surface area contributed by atoms with Crippen molar-refractivity contribution in [1.29, 1.82) is 0 Å². The Kier molecular flexibility index (Phi) is 12.5. The lowest BCUT2D eigenvalue weighted by Gasteiger charge is -2.21. The normalized spacial score (nSPS) is 12.9. The lowest BCUT2D eigenvalue weighted by atomic mass is 9.99. The quantitative estimate of drug-likeness (QED) is 0.0454. The average molecular weight is 673 g/mol. The fourth-order valence-electron chi connectivity index (χ4n) is 5.95. The Morgan fingerprint density at radius 3 is 2.33 bits per heavy atom. The van der Waals surface area contributed by atoms with E-state index in [1.165, 1.54) is 12.1 Å². The Morgan fingerprint density at radius 1 is 0.980 bits per heavy atom. The van der Waals surface area contributed by atoms with Crippen molar-refractivity contribution >= 4 is 45.6 Å². The second-order valence-electron chi connectivity index (χ2n) is 12.0. The van der Waals surface area contributed by atoms with E-state index in [9.17, 15) is 29.1 Å². The predicted octanol–water partition coefficient (Wildman–Crippen LogP) is 5.51. The summed E-state index contributed by atoms with van der Waals surface area (Å²) >= 11 is 0. The van der Waals surface area contributed by atoms with Gasteiger partial charge in [-0.25, -0.2) is 9.59 Å². The summed E-state index contributed by atoms with van der Waals surface area (Å²) in [5, 5.41) is 12.5. The van der Waals surface area contributed by atoms with Crippen LogP contribution in [0.25, 0.3) is 21.9 Å². The zero-order valence-electron chi connectivity index (χ0n) is 28.4. The van der Waals surface area contributed by atoms with E-state index in [4.69, 9.17) is 14.9 Å². The number of fused-ring (bicyclic) bond motifs is 2. The summed E-state index contributed by atoms with van der Waals surface area (Å²) in [7, 11) is 0. The summed E-state index contributed by atoms with van der Waals surface area (Å²) in [6, 6.07) is 11.8. The lowest BCUT2D eigenvalue weighted by molar-refractivity contribution is -0.139. The van der Waals surface area contributed by atoms with Crippen LogP contribution in [0.2, 0.25) is 0 Å². The smallest absolute Gasteiger partial charge is 0.355 e. The zero-order chi connectivity index (χ0) is 35.7. The fourth-order valence-corrected chi connectivity index (χ4v) is 5.95. The highest BCUT2D eigenvalue weighted by Gasteiger charge is 2.26. The molecule has 12 heteroatoms. The summed E-state index contributed by atoms with van der Waals surface area (Å²) in [5.74, 6) is -2.69. The minimum absolute atomic E-state index is 0.0570. The number of nitrogens with one attached hydrogen (secondary N) is 1. The number of pyridine rings is 1. The van der Waals surface area contributed by atoms with Crippen LogP contribution >= 0.6 is 0 Å². The molecule has 2 heterocycles. The van der Waals surface area contributed by atoms with E-state index < -0.39 is 40.8 Å². The highest BCUT2D eigenvalue weighted by atomic mass is 16.5. The number of carbonyl (C=O) groups is 3. The number of benzene rings is 2. The molecule has 49 heavy (non-hydrogen) atoms. The number of amidine groups is 1. The Morgan fingerprint density at radius 2 is 1.69 bits per heavy atom. The van der Waals surface area contributed by atoms with Gasteiger partial charge in [0.05, 0.1) is 16.7 Å². The largest absolute Gasteiger partial charge is 0.480 e. The molecule has 0 aliphatic heterocycles. The topological polar surface area (TPSA) is 183 Å². The van der Waals surface area contributed by atoms with E-state index in [0.717, 1.165) is 18.1 Å². The number of nitrogens with zero attached hydrogens (tertiary/aromatic N) is 2. The summed E-state index contributed by atoms with van der Waals surface area (Å²) in [6.07, 6.45) is 2.95. The maximum Gasteiger partial charge on any atom is 0.355 e. The first-order chi connectivity index (χ1) is 23.5. The number of aryl methyl sites for hydroxylation is 2. The molecule has 12 nitrogen and oxygen atoms in total. The van der Waals surface area contributed by atoms with Gasteiger partial charge in [-0.2, -0.15) is 0 Å². The number of esters is 1. The first kappa shape index (κ1) is 36.6. The number of hydrogen-bond acceptors (Lipinski definition) is 8. The molecule has 0 aliphatic carbocycles. The molecule has 0 radical (unpaired) electrons. The van der Waals surface area contributed by atoms with Crippen molar-refractivity contribution < 1.29 is 28.6 Å². The molecule has 0 saturated carbocycles. The number of carbonyl (C=O) groups excluding carboxylic acids is 2. The maximum absolute atomic E-state index is 13.7. The number of carboxylic acids is 1. The molecular formula is C37H44N4O8. The van der Waals surface area contributed by atoms with Crippen molar-refractivity contribution in [2.75, 3.05) is 6.54 Å². The molecule has 4 N–H and O–H groups in total. The average Bonchev–Trinajstić information content (AvgIpc) is 3.07. The zero-order valence-corrected chi connectivity index (χ0v) is 28.4. The van der Waals surface area contributed by atoms with Crippen LogP contribution in [0.5, 0.6) is 0 Å². The van der Waals surface area contributed by atoms with Crippen LogP contribution in [0, 0.1) is 0 Å². The molecule has 0 fully saturated rings. The van der Waals surface area contributed by atoms with Crippen molar-refractivity contribution in [1.82, 2.24) is 9.88 Å². The van der Waals surface area contributed by atoms with Gasteiger partial charge in [0, 0.05) is 36.2 Å². The summed E-state index contributed by atoms with van der Waals surface area (Å²) in [4.78, 5) is 70.1. The Hall–Kier alpha value is -5.26. The van der Waals surface area contributed by atoms with Gasteiger partial charge >= 0.3 is 11.9 Å². The molecule has 1 amide bonds. The number of aliphatic carboxylic acids is 1. The fraction of sp³-hybridized carbons (Fsp3) is 0.405. The second-order valence-corrected chi connectivity index (χ2v) is 12.0. The summed E-state index contributed by atoms with van der Waals surface area (Å²) in [5.41, 5.74) is 6.39. The van der Waals surface area contributed by atoms with Crippen LogP contribution in [0.4, 0.5) is 0 Å². The molecule has 2 unspecified atom stereocenters. The molecule has 2 aromatic carbocycles. The molecule has 260 valence electrons. The van der Waals surface area contributed by atoms with E-state index >= 15 is 0 Å². The number of aromatic nitrogens is 1. The van der Waals surface area contributed by atoms with Crippen molar-refractivity contribution in [2.24, 2.45) is 10.7 Å². The highest BCUT2D eigenvalue weighted by Crippen LogP contribution is 2.30. The van der Waals surface area contributed by atoms with Gasteiger partial charge in [-0.1, -0.05) is 57.0 Å². The maximum atomic E-state index is 13.7. The third kappa shape index (κ3) is 8.62. The molecule has 0 bridgehead atoms. The predicted molar refractivity (Wildman–Crippen MR) is 188 cm³/mol. The Bertz CT molecular complexity index is 1980. The van der Waals surface area contributed by atoms with Gasteiger partial charge in [0.2, 0.25) is 0 Å². The van der Waals surface area contributed by atoms with Gasteiger partial charge in [0.1, 0.15) is 23.4 Å². The Balaban J connectivity index is 1.79. The number of aliphatic imine (C=N–C) groups is 1. The molecule has 4 rings (SSSR count). The number of unbranched alkanes of at least 4 members (excludes halogenated alkanes) is 1. The van der Waals surface area contributed by atoms with Gasteiger partial charge in [0.25, 0.3) is 5.91 Å². The monoisotopic (exact) mass is 672 g/mol. The van der Waals surface area contributed by atoms with Crippen molar-refractivity contribution in [3.05, 3.63) is 91.6 Å². The number of amides is 1. The molecule has 0 saturated heterocycles. The third-order valence-electron chi connectivity index (χ3n) is 8.27. The summed E-state index contributed by atoms with van der Waals surface area (Å²) < 4.78 is 13.7. The van der Waals surface area contributed by atoms with Crippen LogP contribution in [0.3, 0.4) is 0 Å². The van der Waals surface area contributed by atoms with Gasteiger partial charge in [-0.05, 0) is 57.6 Å². The standard InChI is InChI=1S/C37H44N4O8/c1-5-13-24-33-25(29(42)20-28(41(33)7-3)37(47)49-31(14-6-2)23-15-9-8-10-16-23)19-26-30(43)21-32(48-34(24)26)35(44)40-27(36(45)46)17-11-12-18-39-22(4)38/h8-10,15-16,19-21,27,31H,5-7,11-14,17-18H2,1-4H3,(H2,38,39)(H,40,44)(H,45,46). The first-order valence-corrected chi connectivity index (χ1v) is 16.7. The van der Waals surface area contributed by atoms with Crippen LogP contribution < -0.4 is 21.9 Å². The second kappa shape index (κ2) is 16.7. The highest BCUT2D eigenvalue weighted by molar-refractivity contribution is 6.02. The third-order valence-corrected chi connectivity index (χ3v) is 8.27. The van der Waals surface area contributed by atoms with Gasteiger partial charge in [-0.15, -0.1) is 0 Å². The number of hydrogen-bond donors (Lipinski definition) is 3. The van der Waals surface area contributed by atoms with Crippen LogP contribution in [0.1, 0.15) is 104 Å². The molecule has 2 aromatic heterocycles. The lowest BCUT2D eigenvalue weighted by Crippen LogP contribution is -2.41. The van der Waals surface area contributed by atoms with Gasteiger partial charge in [0.15, 0.2) is 16.6 Å². The van der Waals surface area contributed by atoms with Crippen molar-refractivity contribution in [2.45, 2.75) is 91.3 Å². The van der Waals surface area contributed by atoms with Crippen LogP contribution in [-0.4, -0.2) is 45.9 Å². The minimum Gasteiger partial charge on any atom is -0.480 e. The van der Waals surface area contributed by atoms with E-state index in [0.29, 0.717) is 55.6 Å². The van der Waals surface area contributed by atoms with E-state index in [1.807, 2.05) is 51.1 Å². The minimum atomic E-state index is -1.23. The number of rotatable bonds is 16. The molecular weight excluding hydrogens is 628 g/mol. The van der Waals surface area contributed by atoms with Gasteiger partial charge in [-0.3, -0.25) is 19.4 Å². The van der Waals surface area contributed by atoms with E-state index in [1.54, 1.807) is 11.5 Å². The molecule has 2 atom stereocenters. The molecule has 4 aromatic rings. The van der Waals surface area contributed by atoms with E-state index in [2.05, 4.69) is 10.3 Å². The number of ether oxygens (including phenoxy) is 1. The summed E-state index contributed by atoms with van der Waals surface area (Å²) in [6.45, 7) is 8.13. The van der Waals surface area contributed by atoms with Crippen molar-refractivity contribution in [3.8, 4) is 0 Å². The molecule has 0 aliphatic rings. The van der Waals surface area contributed by atoms with Crippen molar-refractivity contribution in [3.63, 3.8) is 0 Å². The SMILES string of the molecule is CCCc1c2oc(C(=O)NC(CCCCN=C(C)N)C(=O)O)cc(=O)c2cc2c(=O)cc(C(=O)OC(CCC)c3ccccc3)n(CC)c12. The van der Waals surface area contributed by atoms with Crippen LogP contribution in [0.15, 0.2) is 67.5 Å². The van der Waals surface area contributed by atoms with E-state index in [-0.39, 0.29) is 40.8 Å². The number of carboxylic acid groups (broad SMARTS) is 1. The Labute approximate surface area is 284 Å². The van der Waals surface area contributed by atoms with Crippen LogP contribution in [-0.2, 0) is 22.5 Å². The van der Waals surface area contributed by atoms with Gasteiger partial charge < -0.3 is 29.9 Å².